The van der Waals surface area contributed by atoms with Gasteiger partial charge in [0.2, 0.25) is 5.91 Å². The Morgan fingerprint density at radius 2 is 1.91 bits per heavy atom. The first-order valence-electron chi connectivity index (χ1n) is 11.7. The van der Waals surface area contributed by atoms with E-state index in [0.29, 0.717) is 0 Å². The minimum atomic E-state index is 0.162. The molecule has 0 aromatic heterocycles. The predicted octanol–water partition coefficient (Wildman–Crippen LogP) is 4.11. The van der Waals surface area contributed by atoms with Gasteiger partial charge in [-0.25, -0.2) is 0 Å². The summed E-state index contributed by atoms with van der Waals surface area (Å²) in [7, 11) is 3.38. The summed E-state index contributed by atoms with van der Waals surface area (Å²) in [5.74, 6) is 1.84. The zero-order valence-corrected chi connectivity index (χ0v) is 19.6. The lowest BCUT2D eigenvalue weighted by Crippen LogP contribution is -2.44. The maximum atomic E-state index is 13.4. The molecule has 1 unspecified atom stereocenters. The normalized spacial score (nSPS) is 23.4. The van der Waals surface area contributed by atoms with E-state index < -0.39 is 0 Å². The number of anilines is 1. The molecule has 3 aliphatic rings. The Morgan fingerprint density at radius 3 is 2.67 bits per heavy atom. The fraction of sp³-hybridized carbons (Fsp3) is 0.407. The van der Waals surface area contributed by atoms with Gasteiger partial charge in [-0.15, -0.1) is 0 Å². The van der Waals surface area contributed by atoms with Crippen LogP contribution in [-0.4, -0.2) is 56.5 Å². The number of piperidine rings is 1. The summed E-state index contributed by atoms with van der Waals surface area (Å²) in [4.78, 5) is 22.1. The quantitative estimate of drug-likeness (QED) is 0.650. The molecule has 0 bridgehead atoms. The van der Waals surface area contributed by atoms with Gasteiger partial charge in [0.1, 0.15) is 11.5 Å². The highest BCUT2D eigenvalue weighted by Crippen LogP contribution is 2.34. The number of amides is 1. The standard InChI is InChI=1S/C27H31N3O3/c1-18-16-29(17-28-18)25-9-6-19(12-26(25)33-3)11-21-5-4-10-30(27(21)31)23-13-20-7-8-24(32-2)15-22(20)14-23/h6-9,11-12,15,17-18,23H,4-5,10,13-14,16H2,1-3H3/b21-11+/t18?,23-/m0/s1. The van der Waals surface area contributed by atoms with Crippen LogP contribution < -0.4 is 14.4 Å². The highest BCUT2D eigenvalue weighted by atomic mass is 16.5. The number of carbonyl (C=O) groups is 1. The van der Waals surface area contributed by atoms with Crippen LogP contribution >= 0.6 is 0 Å². The summed E-state index contributed by atoms with van der Waals surface area (Å²) in [6.07, 6.45) is 7.51. The Bertz CT molecular complexity index is 1120. The van der Waals surface area contributed by atoms with Gasteiger partial charge in [-0.3, -0.25) is 9.79 Å². The lowest BCUT2D eigenvalue weighted by Gasteiger charge is -2.33. The number of likely N-dealkylation sites (tertiary alicyclic amines) is 1. The molecule has 1 saturated heterocycles. The van der Waals surface area contributed by atoms with Gasteiger partial charge in [-0.05, 0) is 79.6 Å². The molecule has 172 valence electrons. The van der Waals surface area contributed by atoms with Crippen LogP contribution in [-0.2, 0) is 17.6 Å². The molecule has 2 aromatic carbocycles. The predicted molar refractivity (Wildman–Crippen MR) is 131 cm³/mol. The van der Waals surface area contributed by atoms with Gasteiger partial charge < -0.3 is 19.3 Å². The first-order valence-corrected chi connectivity index (χ1v) is 11.7. The molecule has 0 saturated carbocycles. The molecule has 5 rings (SSSR count). The van der Waals surface area contributed by atoms with E-state index in [9.17, 15) is 4.79 Å². The smallest absolute Gasteiger partial charge is 0.250 e. The van der Waals surface area contributed by atoms with Crippen molar-refractivity contribution in [3.63, 3.8) is 0 Å². The number of aliphatic imine (C=N–C) groups is 1. The molecule has 0 N–H and O–H groups in total. The van der Waals surface area contributed by atoms with E-state index in [-0.39, 0.29) is 18.0 Å². The Balaban J connectivity index is 1.34. The van der Waals surface area contributed by atoms with Gasteiger partial charge >= 0.3 is 0 Å². The van der Waals surface area contributed by atoms with Crippen molar-refractivity contribution >= 4 is 24.0 Å². The molecule has 33 heavy (non-hydrogen) atoms. The first-order chi connectivity index (χ1) is 16.1. The van der Waals surface area contributed by atoms with Gasteiger partial charge in [-0.1, -0.05) is 12.1 Å². The van der Waals surface area contributed by atoms with Gasteiger partial charge in [0.05, 0.1) is 32.3 Å². The number of benzene rings is 2. The minimum Gasteiger partial charge on any atom is -0.497 e. The molecule has 1 amide bonds. The average Bonchev–Trinajstić information content (AvgIpc) is 3.45. The van der Waals surface area contributed by atoms with Crippen LogP contribution in [0.1, 0.15) is 36.5 Å². The zero-order chi connectivity index (χ0) is 22.9. The summed E-state index contributed by atoms with van der Waals surface area (Å²) in [5.41, 5.74) is 5.49. The molecule has 2 heterocycles. The Kier molecular flexibility index (Phi) is 5.83. The van der Waals surface area contributed by atoms with Crippen molar-refractivity contribution in [2.45, 2.75) is 44.7 Å². The molecular weight excluding hydrogens is 414 g/mol. The molecule has 1 fully saturated rings. The monoisotopic (exact) mass is 445 g/mol. The van der Waals surface area contributed by atoms with Gasteiger partial charge in [-0.2, -0.15) is 0 Å². The molecule has 2 aromatic rings. The molecule has 6 nitrogen and oxygen atoms in total. The van der Waals surface area contributed by atoms with Crippen molar-refractivity contribution < 1.29 is 14.3 Å². The van der Waals surface area contributed by atoms with Crippen LogP contribution in [0.25, 0.3) is 6.08 Å². The van der Waals surface area contributed by atoms with Crippen molar-refractivity contribution in [2.75, 3.05) is 32.2 Å². The van der Waals surface area contributed by atoms with E-state index in [1.807, 2.05) is 24.5 Å². The van der Waals surface area contributed by atoms with Crippen LogP contribution in [0.5, 0.6) is 11.5 Å². The molecule has 2 aliphatic heterocycles. The summed E-state index contributed by atoms with van der Waals surface area (Å²) in [5, 5.41) is 0. The van der Waals surface area contributed by atoms with Crippen molar-refractivity contribution in [3.8, 4) is 11.5 Å². The zero-order valence-electron chi connectivity index (χ0n) is 19.6. The number of nitrogens with zero attached hydrogens (tertiary/aromatic N) is 3. The number of fused-ring (bicyclic) bond motifs is 1. The topological polar surface area (TPSA) is 54.4 Å². The van der Waals surface area contributed by atoms with E-state index in [1.54, 1.807) is 14.2 Å². The maximum Gasteiger partial charge on any atom is 0.250 e. The van der Waals surface area contributed by atoms with Crippen LogP contribution in [0.3, 0.4) is 0 Å². The first kappa shape index (κ1) is 21.6. The molecular formula is C27H31N3O3. The Hall–Kier alpha value is -3.28. The van der Waals surface area contributed by atoms with Crippen molar-refractivity contribution in [2.24, 2.45) is 4.99 Å². The molecule has 0 radical (unpaired) electrons. The average molecular weight is 446 g/mol. The fourth-order valence-corrected chi connectivity index (χ4v) is 5.19. The third-order valence-corrected chi connectivity index (χ3v) is 6.92. The molecule has 1 aliphatic carbocycles. The second-order valence-corrected chi connectivity index (χ2v) is 9.17. The SMILES string of the molecule is COc1ccc2c(c1)C[C@@H](N1CCC/C(=C\c3ccc(N4C=NC(C)C4)c(OC)c3)C1=O)C2. The molecule has 6 heteroatoms. The van der Waals surface area contributed by atoms with Gasteiger partial charge in [0.15, 0.2) is 0 Å². The molecule has 2 atom stereocenters. The Labute approximate surface area is 195 Å². The van der Waals surface area contributed by atoms with Crippen LogP contribution in [0.15, 0.2) is 47.0 Å². The van der Waals surface area contributed by atoms with Gasteiger partial charge in [0, 0.05) is 24.7 Å². The third-order valence-electron chi connectivity index (χ3n) is 6.92. The van der Waals surface area contributed by atoms with Crippen LogP contribution in [0, 0.1) is 0 Å². The van der Waals surface area contributed by atoms with Crippen molar-refractivity contribution in [3.05, 3.63) is 58.7 Å². The second kappa shape index (κ2) is 8.93. The summed E-state index contributed by atoms with van der Waals surface area (Å²) in [6, 6.07) is 12.9. The largest absolute Gasteiger partial charge is 0.497 e. The Morgan fingerprint density at radius 1 is 1.06 bits per heavy atom. The van der Waals surface area contributed by atoms with E-state index in [2.05, 4.69) is 46.0 Å². The highest BCUT2D eigenvalue weighted by Gasteiger charge is 2.33. The number of hydrogen-bond donors (Lipinski definition) is 0. The lowest BCUT2D eigenvalue weighted by molar-refractivity contribution is -0.130. The van der Waals surface area contributed by atoms with E-state index >= 15 is 0 Å². The highest BCUT2D eigenvalue weighted by molar-refractivity contribution is 5.99. The second-order valence-electron chi connectivity index (χ2n) is 9.17. The summed E-state index contributed by atoms with van der Waals surface area (Å²) < 4.78 is 11.0. The van der Waals surface area contributed by atoms with E-state index in [4.69, 9.17) is 9.47 Å². The fourth-order valence-electron chi connectivity index (χ4n) is 5.19. The lowest BCUT2D eigenvalue weighted by atomic mass is 9.98. The number of rotatable bonds is 5. The van der Waals surface area contributed by atoms with E-state index in [1.165, 1.54) is 11.1 Å². The molecule has 0 spiro atoms. The van der Waals surface area contributed by atoms with Gasteiger partial charge in [0.25, 0.3) is 0 Å². The van der Waals surface area contributed by atoms with E-state index in [0.717, 1.165) is 67.1 Å². The summed E-state index contributed by atoms with van der Waals surface area (Å²) >= 11 is 0. The van der Waals surface area contributed by atoms with Crippen LogP contribution in [0.2, 0.25) is 0 Å². The third kappa shape index (κ3) is 4.22. The number of ether oxygens (including phenoxy) is 2. The van der Waals surface area contributed by atoms with Crippen molar-refractivity contribution in [1.29, 1.82) is 0 Å². The summed E-state index contributed by atoms with van der Waals surface area (Å²) in [6.45, 7) is 3.77. The maximum absolute atomic E-state index is 13.4. The number of hydrogen-bond acceptors (Lipinski definition) is 5. The van der Waals surface area contributed by atoms with Crippen molar-refractivity contribution in [1.82, 2.24) is 4.90 Å². The number of methoxy groups -OCH3 is 2. The number of carbonyl (C=O) groups excluding carboxylic acids is 1. The van der Waals surface area contributed by atoms with Crippen LogP contribution in [0.4, 0.5) is 5.69 Å². The minimum absolute atomic E-state index is 0.162.